The Morgan fingerprint density at radius 3 is 2.64 bits per heavy atom. The summed E-state index contributed by atoms with van der Waals surface area (Å²) in [5.74, 6) is -2.64. The number of halogens is 5. The molecule has 0 aliphatic carbocycles. The molecule has 0 saturated heterocycles. The summed E-state index contributed by atoms with van der Waals surface area (Å²) in [5.41, 5.74) is 6.44. The van der Waals surface area contributed by atoms with Gasteiger partial charge in [-0.25, -0.2) is 9.37 Å². The molecule has 4 rings (SSSR count). The number of nitrogens with zero attached hydrogens (tertiary/aromatic N) is 6. The van der Waals surface area contributed by atoms with Crippen LogP contribution in [0.4, 0.5) is 23.5 Å². The van der Waals surface area contributed by atoms with Crippen molar-refractivity contribution < 1.29 is 22.1 Å². The van der Waals surface area contributed by atoms with Gasteiger partial charge in [0.1, 0.15) is 11.3 Å². The van der Waals surface area contributed by atoms with E-state index in [0.29, 0.717) is 11.2 Å². The number of fused-ring (bicyclic) bond motifs is 1. The largest absolute Gasteiger partial charge is 0.471 e. The number of hydrogen-bond donors (Lipinski definition) is 1. The van der Waals surface area contributed by atoms with Gasteiger partial charge in [-0.15, -0.1) is 0 Å². The standard InChI is InChI=1S/C15H8ClF4N7O/c16-10-9-12(25-14(21)23-10)27(5-22-9)4-7-2-1-6(3-8(7)17)11-24-13(28-26-11)15(18,19)20/h1-3,5H,4H2,(H2,21,23,25). The van der Waals surface area contributed by atoms with Gasteiger partial charge in [-0.2, -0.15) is 28.1 Å². The van der Waals surface area contributed by atoms with Gasteiger partial charge in [0.15, 0.2) is 10.8 Å². The molecule has 0 atom stereocenters. The third-order valence-corrected chi connectivity index (χ3v) is 4.02. The fourth-order valence-electron chi connectivity index (χ4n) is 2.50. The van der Waals surface area contributed by atoms with Crippen LogP contribution in [0.1, 0.15) is 11.5 Å². The van der Waals surface area contributed by atoms with Crippen LogP contribution in [0.2, 0.25) is 5.15 Å². The summed E-state index contributed by atoms with van der Waals surface area (Å²) < 4.78 is 57.8. The molecule has 28 heavy (non-hydrogen) atoms. The molecule has 2 N–H and O–H groups in total. The molecular weight excluding hydrogens is 406 g/mol. The molecule has 0 saturated carbocycles. The number of rotatable bonds is 3. The van der Waals surface area contributed by atoms with Crippen molar-refractivity contribution in [2.24, 2.45) is 0 Å². The summed E-state index contributed by atoms with van der Waals surface area (Å²) in [6, 6.07) is 3.76. The predicted molar refractivity (Wildman–Crippen MR) is 88.5 cm³/mol. The zero-order valence-corrected chi connectivity index (χ0v) is 14.3. The van der Waals surface area contributed by atoms with Crippen molar-refractivity contribution in [2.75, 3.05) is 5.73 Å². The first kappa shape index (κ1) is 18.1. The van der Waals surface area contributed by atoms with E-state index < -0.39 is 17.9 Å². The molecule has 8 nitrogen and oxygen atoms in total. The maximum absolute atomic E-state index is 14.5. The highest BCUT2D eigenvalue weighted by Gasteiger charge is 2.38. The Balaban J connectivity index is 1.65. The van der Waals surface area contributed by atoms with Crippen molar-refractivity contribution in [3.8, 4) is 11.4 Å². The molecule has 0 amide bonds. The van der Waals surface area contributed by atoms with Crippen LogP contribution in [-0.2, 0) is 12.7 Å². The number of aromatic nitrogens is 6. The summed E-state index contributed by atoms with van der Waals surface area (Å²) in [4.78, 5) is 15.1. The molecule has 0 aliphatic rings. The summed E-state index contributed by atoms with van der Waals surface area (Å²) in [7, 11) is 0. The average Bonchev–Trinajstić information content (AvgIpc) is 3.24. The van der Waals surface area contributed by atoms with E-state index in [-0.39, 0.29) is 34.6 Å². The van der Waals surface area contributed by atoms with Gasteiger partial charge in [0, 0.05) is 11.1 Å². The molecule has 0 spiro atoms. The molecule has 13 heteroatoms. The lowest BCUT2D eigenvalue weighted by Gasteiger charge is -2.07. The minimum atomic E-state index is -4.78. The van der Waals surface area contributed by atoms with Gasteiger partial charge in [0.2, 0.25) is 11.8 Å². The molecule has 0 unspecified atom stereocenters. The summed E-state index contributed by atoms with van der Waals surface area (Å²) in [5, 5.41) is 3.29. The van der Waals surface area contributed by atoms with Crippen LogP contribution in [0.5, 0.6) is 0 Å². The second kappa shape index (κ2) is 6.41. The smallest absolute Gasteiger partial charge is 0.368 e. The van der Waals surface area contributed by atoms with E-state index in [1.54, 1.807) is 0 Å². The monoisotopic (exact) mass is 413 g/mol. The molecular formula is C15H8ClF4N7O. The Morgan fingerprint density at radius 2 is 1.96 bits per heavy atom. The van der Waals surface area contributed by atoms with Gasteiger partial charge in [-0.05, 0) is 6.07 Å². The van der Waals surface area contributed by atoms with E-state index in [9.17, 15) is 17.6 Å². The van der Waals surface area contributed by atoms with Crippen LogP contribution in [0.3, 0.4) is 0 Å². The van der Waals surface area contributed by atoms with E-state index in [4.69, 9.17) is 17.3 Å². The van der Waals surface area contributed by atoms with Gasteiger partial charge in [-0.1, -0.05) is 28.9 Å². The zero-order valence-electron chi connectivity index (χ0n) is 13.6. The van der Waals surface area contributed by atoms with Crippen LogP contribution in [0, 0.1) is 5.82 Å². The first-order valence-electron chi connectivity index (χ1n) is 7.56. The average molecular weight is 414 g/mol. The fraction of sp³-hybridized carbons (Fsp3) is 0.133. The Labute approximate surface area is 158 Å². The van der Waals surface area contributed by atoms with Crippen molar-refractivity contribution in [1.82, 2.24) is 29.7 Å². The molecule has 3 heterocycles. The van der Waals surface area contributed by atoms with E-state index in [1.165, 1.54) is 23.0 Å². The highest BCUT2D eigenvalue weighted by molar-refractivity contribution is 6.33. The Morgan fingerprint density at radius 1 is 1.18 bits per heavy atom. The fourth-order valence-corrected chi connectivity index (χ4v) is 2.72. The molecule has 4 aromatic rings. The van der Waals surface area contributed by atoms with Crippen molar-refractivity contribution in [3.05, 3.63) is 47.0 Å². The topological polar surface area (TPSA) is 109 Å². The first-order valence-corrected chi connectivity index (χ1v) is 7.93. The third-order valence-electron chi connectivity index (χ3n) is 3.76. The second-order valence-electron chi connectivity index (χ2n) is 5.64. The van der Waals surface area contributed by atoms with Crippen molar-refractivity contribution in [2.45, 2.75) is 12.7 Å². The molecule has 0 bridgehead atoms. The quantitative estimate of drug-likeness (QED) is 0.405. The molecule has 1 aromatic carbocycles. The Hall–Kier alpha value is -3.28. The van der Waals surface area contributed by atoms with Crippen molar-refractivity contribution >= 4 is 28.7 Å². The number of imidazole rings is 1. The Bertz CT molecular complexity index is 1190. The molecule has 3 aromatic heterocycles. The van der Waals surface area contributed by atoms with Crippen LogP contribution >= 0.6 is 11.6 Å². The van der Waals surface area contributed by atoms with E-state index in [0.717, 1.165) is 6.07 Å². The van der Waals surface area contributed by atoms with Gasteiger partial charge in [-0.3, -0.25) is 0 Å². The SMILES string of the molecule is Nc1nc(Cl)c2ncn(Cc3ccc(-c4noc(C(F)(F)F)n4)cc3F)c2n1. The van der Waals surface area contributed by atoms with E-state index in [1.807, 2.05) is 0 Å². The zero-order chi connectivity index (χ0) is 20.1. The number of alkyl halides is 3. The van der Waals surface area contributed by atoms with E-state index >= 15 is 0 Å². The predicted octanol–water partition coefficient (Wildman–Crippen LogP) is 3.32. The molecule has 144 valence electrons. The van der Waals surface area contributed by atoms with Gasteiger partial charge in [0.25, 0.3) is 0 Å². The lowest BCUT2D eigenvalue weighted by molar-refractivity contribution is -0.159. The molecule has 0 fully saturated rings. The van der Waals surface area contributed by atoms with Gasteiger partial charge in [0.05, 0.1) is 12.9 Å². The highest BCUT2D eigenvalue weighted by atomic mass is 35.5. The first-order chi connectivity index (χ1) is 13.2. The number of anilines is 1. The Kier molecular flexibility index (Phi) is 4.14. The maximum Gasteiger partial charge on any atom is 0.471 e. The maximum atomic E-state index is 14.5. The van der Waals surface area contributed by atoms with Gasteiger partial charge < -0.3 is 14.8 Å². The van der Waals surface area contributed by atoms with Gasteiger partial charge >= 0.3 is 12.1 Å². The summed E-state index contributed by atoms with van der Waals surface area (Å²) >= 11 is 5.95. The van der Waals surface area contributed by atoms with Crippen molar-refractivity contribution in [1.29, 1.82) is 0 Å². The number of nitrogen functional groups attached to an aromatic ring is 1. The van der Waals surface area contributed by atoms with Crippen LogP contribution in [-0.4, -0.2) is 29.7 Å². The molecule has 0 aliphatic heterocycles. The number of benzene rings is 1. The van der Waals surface area contributed by atoms with Crippen LogP contribution < -0.4 is 5.73 Å². The van der Waals surface area contributed by atoms with Crippen LogP contribution in [0.25, 0.3) is 22.6 Å². The lowest BCUT2D eigenvalue weighted by atomic mass is 10.1. The molecule has 0 radical (unpaired) electrons. The minimum absolute atomic E-state index is 0.0233. The number of nitrogens with two attached hydrogens (primary N) is 1. The third kappa shape index (κ3) is 3.22. The van der Waals surface area contributed by atoms with E-state index in [2.05, 4.69) is 29.6 Å². The highest BCUT2D eigenvalue weighted by Crippen LogP contribution is 2.30. The van der Waals surface area contributed by atoms with Crippen LogP contribution in [0.15, 0.2) is 29.0 Å². The summed E-state index contributed by atoms with van der Waals surface area (Å²) in [6.07, 6.45) is -3.38. The number of hydrogen-bond acceptors (Lipinski definition) is 7. The van der Waals surface area contributed by atoms with Crippen molar-refractivity contribution in [3.63, 3.8) is 0 Å². The normalized spacial score (nSPS) is 12.0. The second-order valence-corrected chi connectivity index (χ2v) is 6.00. The lowest BCUT2D eigenvalue weighted by Crippen LogP contribution is -2.05. The summed E-state index contributed by atoms with van der Waals surface area (Å²) in [6.45, 7) is 0.0233. The minimum Gasteiger partial charge on any atom is -0.368 e.